The Morgan fingerprint density at radius 2 is 2.20 bits per heavy atom. The molecule has 1 rings (SSSR count). The molecule has 0 aliphatic heterocycles. The molecule has 0 saturated heterocycles. The van der Waals surface area contributed by atoms with E-state index >= 15 is 0 Å². The number of anilines is 2. The van der Waals surface area contributed by atoms with E-state index in [0.29, 0.717) is 5.82 Å². The molecule has 0 unspecified atom stereocenters. The Labute approximate surface area is 59.3 Å². The topological polar surface area (TPSA) is 77.8 Å². The molecule has 0 radical (unpaired) electrons. The van der Waals surface area contributed by atoms with Crippen LogP contribution in [-0.4, -0.2) is 9.97 Å². The van der Waals surface area contributed by atoms with Crippen molar-refractivity contribution in [2.24, 2.45) is 0 Å². The van der Waals surface area contributed by atoms with Gasteiger partial charge < -0.3 is 11.5 Å². The summed E-state index contributed by atoms with van der Waals surface area (Å²) in [5, 5.41) is 0. The number of nitrogens with zero attached hydrogens (tertiary/aromatic N) is 2. The van der Waals surface area contributed by atoms with E-state index in [1.54, 1.807) is 6.20 Å². The second-order valence-electron chi connectivity index (χ2n) is 1.99. The number of rotatable bonds is 1. The van der Waals surface area contributed by atoms with Gasteiger partial charge in [0.05, 0.1) is 0 Å². The van der Waals surface area contributed by atoms with Crippen LogP contribution in [0.4, 0.5) is 11.8 Å². The minimum Gasteiger partial charge on any atom is -0.383 e. The molecule has 1 aromatic heterocycles. The molecule has 0 aromatic carbocycles. The first kappa shape index (κ1) is 6.80. The number of hydrogen-bond acceptors (Lipinski definition) is 4. The number of nitrogen functional groups attached to an aromatic ring is 2. The average molecular weight is 138 g/mol. The van der Waals surface area contributed by atoms with Gasteiger partial charge in [-0.3, -0.25) is 0 Å². The van der Waals surface area contributed by atoms with Crippen LogP contribution in [0.5, 0.6) is 0 Å². The maximum Gasteiger partial charge on any atom is 0.221 e. The maximum absolute atomic E-state index is 5.50. The molecule has 0 aliphatic carbocycles. The van der Waals surface area contributed by atoms with Crippen LogP contribution in [0, 0.1) is 0 Å². The van der Waals surface area contributed by atoms with Gasteiger partial charge in [0.2, 0.25) is 5.95 Å². The Kier molecular flexibility index (Phi) is 1.71. The van der Waals surface area contributed by atoms with E-state index in [9.17, 15) is 0 Å². The molecule has 1 heterocycles. The number of hydrogen-bond donors (Lipinski definition) is 2. The molecule has 0 bridgehead atoms. The summed E-state index contributed by atoms with van der Waals surface area (Å²) in [6, 6.07) is 0. The van der Waals surface area contributed by atoms with E-state index in [4.69, 9.17) is 11.5 Å². The Morgan fingerprint density at radius 1 is 1.50 bits per heavy atom. The Bertz CT molecular complexity index is 233. The fourth-order valence-electron chi connectivity index (χ4n) is 0.707. The van der Waals surface area contributed by atoms with Crippen LogP contribution in [0.2, 0.25) is 0 Å². The Hall–Kier alpha value is -1.32. The zero-order valence-electron chi connectivity index (χ0n) is 5.83. The Morgan fingerprint density at radius 3 is 2.70 bits per heavy atom. The smallest absolute Gasteiger partial charge is 0.221 e. The number of nitrogens with two attached hydrogens (primary N) is 2. The normalized spacial score (nSPS) is 9.70. The van der Waals surface area contributed by atoms with E-state index in [1.807, 2.05) is 6.92 Å². The summed E-state index contributed by atoms with van der Waals surface area (Å²) in [5.41, 5.74) is 11.7. The van der Waals surface area contributed by atoms with Crippen LogP contribution in [-0.2, 0) is 6.42 Å². The zero-order chi connectivity index (χ0) is 7.56. The predicted octanol–water partition coefficient (Wildman–Crippen LogP) is 0.203. The molecule has 10 heavy (non-hydrogen) atoms. The highest BCUT2D eigenvalue weighted by molar-refractivity contribution is 5.40. The molecule has 54 valence electrons. The van der Waals surface area contributed by atoms with Crippen molar-refractivity contribution in [2.75, 3.05) is 11.5 Å². The fourth-order valence-corrected chi connectivity index (χ4v) is 0.707. The van der Waals surface area contributed by atoms with Crippen LogP contribution < -0.4 is 11.5 Å². The minimum absolute atomic E-state index is 0.231. The minimum atomic E-state index is 0.231. The molecular formula is C6H10N4. The van der Waals surface area contributed by atoms with Gasteiger partial charge in [-0.1, -0.05) is 6.92 Å². The molecule has 0 spiro atoms. The number of aromatic nitrogens is 2. The Balaban J connectivity index is 3.07. The largest absolute Gasteiger partial charge is 0.383 e. The molecule has 0 aliphatic rings. The van der Waals surface area contributed by atoms with Gasteiger partial charge in [-0.15, -0.1) is 0 Å². The standard InChI is InChI=1S/C6H10N4/c1-2-4-3-9-6(8)10-5(4)7/h3H,2H2,1H3,(H4,7,8,9,10). The molecule has 0 fully saturated rings. The lowest BCUT2D eigenvalue weighted by molar-refractivity contribution is 1.06. The highest BCUT2D eigenvalue weighted by Crippen LogP contribution is 2.07. The van der Waals surface area contributed by atoms with Crippen LogP contribution >= 0.6 is 0 Å². The van der Waals surface area contributed by atoms with Crippen molar-refractivity contribution in [3.63, 3.8) is 0 Å². The van der Waals surface area contributed by atoms with Crippen molar-refractivity contribution in [3.05, 3.63) is 11.8 Å². The summed E-state index contributed by atoms with van der Waals surface area (Å²) in [6.45, 7) is 1.99. The average Bonchev–Trinajstić information content (AvgIpc) is 1.88. The summed E-state index contributed by atoms with van der Waals surface area (Å²) in [7, 11) is 0. The zero-order valence-corrected chi connectivity index (χ0v) is 5.83. The highest BCUT2D eigenvalue weighted by Gasteiger charge is 1.97. The molecular weight excluding hydrogens is 128 g/mol. The molecule has 4 nitrogen and oxygen atoms in total. The fraction of sp³-hybridized carbons (Fsp3) is 0.333. The van der Waals surface area contributed by atoms with Crippen molar-refractivity contribution in [3.8, 4) is 0 Å². The van der Waals surface area contributed by atoms with E-state index in [1.165, 1.54) is 0 Å². The summed E-state index contributed by atoms with van der Waals surface area (Å²) >= 11 is 0. The predicted molar refractivity (Wildman–Crippen MR) is 40.2 cm³/mol. The van der Waals surface area contributed by atoms with E-state index in [-0.39, 0.29) is 5.95 Å². The van der Waals surface area contributed by atoms with E-state index < -0.39 is 0 Å². The van der Waals surface area contributed by atoms with Gasteiger partial charge in [-0.2, -0.15) is 4.98 Å². The molecule has 0 atom stereocenters. The van der Waals surface area contributed by atoms with Gasteiger partial charge in [0.1, 0.15) is 5.82 Å². The monoisotopic (exact) mass is 138 g/mol. The molecule has 4 N–H and O–H groups in total. The van der Waals surface area contributed by atoms with Crippen molar-refractivity contribution >= 4 is 11.8 Å². The highest BCUT2D eigenvalue weighted by atomic mass is 15.0. The molecule has 1 aromatic rings. The third kappa shape index (κ3) is 1.15. The second-order valence-corrected chi connectivity index (χ2v) is 1.99. The van der Waals surface area contributed by atoms with Crippen molar-refractivity contribution in [2.45, 2.75) is 13.3 Å². The van der Waals surface area contributed by atoms with Crippen LogP contribution in [0.3, 0.4) is 0 Å². The quantitative estimate of drug-likeness (QED) is 0.581. The van der Waals surface area contributed by atoms with Gasteiger partial charge in [-0.25, -0.2) is 4.98 Å². The lowest BCUT2D eigenvalue weighted by atomic mass is 10.2. The lowest BCUT2D eigenvalue weighted by Gasteiger charge is -1.99. The van der Waals surface area contributed by atoms with Crippen LogP contribution in [0.25, 0.3) is 0 Å². The maximum atomic E-state index is 5.50. The van der Waals surface area contributed by atoms with Crippen molar-refractivity contribution in [1.29, 1.82) is 0 Å². The molecule has 0 saturated carbocycles. The van der Waals surface area contributed by atoms with Crippen LogP contribution in [0.15, 0.2) is 6.20 Å². The van der Waals surface area contributed by atoms with Gasteiger partial charge >= 0.3 is 0 Å². The molecule has 4 heteroatoms. The van der Waals surface area contributed by atoms with Gasteiger partial charge in [0, 0.05) is 11.8 Å². The van der Waals surface area contributed by atoms with Crippen molar-refractivity contribution in [1.82, 2.24) is 9.97 Å². The van der Waals surface area contributed by atoms with Crippen molar-refractivity contribution < 1.29 is 0 Å². The first-order valence-electron chi connectivity index (χ1n) is 3.11. The summed E-state index contributed by atoms with van der Waals surface area (Å²) in [4.78, 5) is 7.59. The SMILES string of the molecule is CCc1cnc(N)nc1N. The summed E-state index contributed by atoms with van der Waals surface area (Å²) < 4.78 is 0. The van der Waals surface area contributed by atoms with Gasteiger partial charge in [0.25, 0.3) is 0 Å². The number of aryl methyl sites for hydroxylation is 1. The third-order valence-corrected chi connectivity index (χ3v) is 1.30. The van der Waals surface area contributed by atoms with Gasteiger partial charge in [0.15, 0.2) is 0 Å². The van der Waals surface area contributed by atoms with Crippen LogP contribution in [0.1, 0.15) is 12.5 Å². The summed E-state index contributed by atoms with van der Waals surface area (Å²) in [6.07, 6.45) is 2.49. The first-order chi connectivity index (χ1) is 4.74. The summed E-state index contributed by atoms with van der Waals surface area (Å²) in [5.74, 6) is 0.713. The second kappa shape index (κ2) is 2.51. The van der Waals surface area contributed by atoms with E-state index in [2.05, 4.69) is 9.97 Å². The van der Waals surface area contributed by atoms with Gasteiger partial charge in [-0.05, 0) is 6.42 Å². The third-order valence-electron chi connectivity index (χ3n) is 1.30. The van der Waals surface area contributed by atoms with E-state index in [0.717, 1.165) is 12.0 Å². The molecule has 0 amide bonds. The lowest BCUT2D eigenvalue weighted by Crippen LogP contribution is -2.02. The first-order valence-corrected chi connectivity index (χ1v) is 3.11.